The molecule has 1 atom stereocenters. The van der Waals surface area contributed by atoms with Crippen molar-refractivity contribution in [3.05, 3.63) is 16.6 Å². The monoisotopic (exact) mass is 301 g/mol. The van der Waals surface area contributed by atoms with Gasteiger partial charge in [0.15, 0.2) is 0 Å². The number of hydrogen-bond donors (Lipinski definition) is 1. The lowest BCUT2D eigenvalue weighted by molar-refractivity contribution is 0.115. The molecule has 0 aliphatic carbocycles. The highest BCUT2D eigenvalue weighted by molar-refractivity contribution is 7.09. The van der Waals surface area contributed by atoms with Crippen molar-refractivity contribution in [2.75, 3.05) is 26.2 Å². The Morgan fingerprint density at radius 3 is 2.84 bits per heavy atom. The number of nitrogens with one attached hydrogen (secondary N) is 1. The predicted molar refractivity (Wildman–Crippen MR) is 83.1 cm³/mol. The summed E-state index contributed by atoms with van der Waals surface area (Å²) in [6, 6.07) is 0.605. The highest BCUT2D eigenvalue weighted by Gasteiger charge is 2.28. The molecule has 5 heteroatoms. The van der Waals surface area contributed by atoms with Crippen LogP contribution in [-0.2, 0) is 0 Å². The maximum Gasteiger partial charge on any atom is 0.110 e. The number of thiazole rings is 1. The van der Waals surface area contributed by atoms with Crippen LogP contribution in [0.5, 0.6) is 0 Å². The molecule has 2 saturated heterocycles. The molecule has 0 saturated carbocycles. The molecule has 2 fully saturated rings. The standard InChI is InChI=1S/C14H23N3S.ClH/c1-2-9-17(11-12-4-6-15-7-5-12)13(3-1)14-16-8-10-18-14;/h8,10,12-13,15H,1-7,9,11H2;1H. The second-order valence-corrected chi connectivity index (χ2v) is 6.50. The van der Waals surface area contributed by atoms with Gasteiger partial charge in [-0.1, -0.05) is 6.42 Å². The molecule has 0 radical (unpaired) electrons. The van der Waals surface area contributed by atoms with Crippen LogP contribution in [-0.4, -0.2) is 36.1 Å². The summed E-state index contributed by atoms with van der Waals surface area (Å²) in [7, 11) is 0. The number of aromatic nitrogens is 1. The van der Waals surface area contributed by atoms with E-state index in [0.717, 1.165) is 5.92 Å². The quantitative estimate of drug-likeness (QED) is 0.930. The van der Waals surface area contributed by atoms with Crippen LogP contribution < -0.4 is 5.32 Å². The minimum atomic E-state index is 0. The van der Waals surface area contributed by atoms with E-state index in [0.29, 0.717) is 6.04 Å². The minimum Gasteiger partial charge on any atom is -0.317 e. The van der Waals surface area contributed by atoms with Gasteiger partial charge in [0.1, 0.15) is 5.01 Å². The Hall–Kier alpha value is -0.160. The van der Waals surface area contributed by atoms with Gasteiger partial charge in [0.05, 0.1) is 6.04 Å². The third kappa shape index (κ3) is 3.91. The van der Waals surface area contributed by atoms with Gasteiger partial charge in [-0.2, -0.15) is 0 Å². The zero-order chi connectivity index (χ0) is 12.2. The first kappa shape index (κ1) is 15.2. The predicted octanol–water partition coefficient (Wildman–Crippen LogP) is 3.09. The number of halogens is 1. The fraction of sp³-hybridized carbons (Fsp3) is 0.786. The van der Waals surface area contributed by atoms with Crippen LogP contribution >= 0.6 is 23.7 Å². The number of rotatable bonds is 3. The fourth-order valence-corrected chi connectivity index (χ4v) is 4.09. The van der Waals surface area contributed by atoms with E-state index in [1.54, 1.807) is 0 Å². The minimum absolute atomic E-state index is 0. The largest absolute Gasteiger partial charge is 0.317 e. The van der Waals surface area contributed by atoms with Gasteiger partial charge in [-0.05, 0) is 51.2 Å². The van der Waals surface area contributed by atoms with E-state index in [2.05, 4.69) is 20.6 Å². The highest BCUT2D eigenvalue weighted by atomic mass is 35.5. The summed E-state index contributed by atoms with van der Waals surface area (Å²) < 4.78 is 0. The molecule has 19 heavy (non-hydrogen) atoms. The summed E-state index contributed by atoms with van der Waals surface area (Å²) in [5.41, 5.74) is 0. The van der Waals surface area contributed by atoms with Crippen molar-refractivity contribution >= 4 is 23.7 Å². The SMILES string of the molecule is Cl.c1csc(C2CCCCN2CC2CCNCC2)n1. The van der Waals surface area contributed by atoms with Gasteiger partial charge in [-0.25, -0.2) is 4.98 Å². The Morgan fingerprint density at radius 1 is 1.26 bits per heavy atom. The van der Waals surface area contributed by atoms with E-state index in [1.165, 1.54) is 63.3 Å². The summed E-state index contributed by atoms with van der Waals surface area (Å²) in [5.74, 6) is 0.895. The van der Waals surface area contributed by atoms with E-state index in [4.69, 9.17) is 0 Å². The topological polar surface area (TPSA) is 28.2 Å². The molecule has 0 bridgehead atoms. The highest BCUT2D eigenvalue weighted by Crippen LogP contribution is 2.33. The molecule has 0 aromatic carbocycles. The van der Waals surface area contributed by atoms with Gasteiger partial charge in [0.25, 0.3) is 0 Å². The van der Waals surface area contributed by atoms with E-state index >= 15 is 0 Å². The van der Waals surface area contributed by atoms with Crippen molar-refractivity contribution in [2.24, 2.45) is 5.92 Å². The molecule has 2 aliphatic heterocycles. The van der Waals surface area contributed by atoms with Crippen molar-refractivity contribution in [3.63, 3.8) is 0 Å². The first-order valence-electron chi connectivity index (χ1n) is 7.27. The van der Waals surface area contributed by atoms with Gasteiger partial charge in [0.2, 0.25) is 0 Å². The first-order valence-corrected chi connectivity index (χ1v) is 8.15. The summed E-state index contributed by atoms with van der Waals surface area (Å²) >= 11 is 1.83. The molecule has 3 nitrogen and oxygen atoms in total. The van der Waals surface area contributed by atoms with Crippen molar-refractivity contribution in [1.29, 1.82) is 0 Å². The molecule has 0 spiro atoms. The second kappa shape index (κ2) is 7.58. The first-order chi connectivity index (χ1) is 8.93. The molecule has 3 rings (SSSR count). The Balaban J connectivity index is 0.00000133. The third-order valence-corrected chi connectivity index (χ3v) is 5.18. The lowest BCUT2D eigenvalue weighted by Crippen LogP contribution is -2.40. The summed E-state index contributed by atoms with van der Waals surface area (Å²) in [4.78, 5) is 7.25. The Kier molecular flexibility index (Phi) is 6.07. The van der Waals surface area contributed by atoms with E-state index in [9.17, 15) is 0 Å². The number of nitrogens with zero attached hydrogens (tertiary/aromatic N) is 2. The molecular formula is C14H24ClN3S. The van der Waals surface area contributed by atoms with Crippen molar-refractivity contribution in [2.45, 2.75) is 38.1 Å². The molecule has 1 aromatic heterocycles. The Morgan fingerprint density at radius 2 is 2.11 bits per heavy atom. The third-order valence-electron chi connectivity index (χ3n) is 4.30. The van der Waals surface area contributed by atoms with Crippen LogP contribution in [0.2, 0.25) is 0 Å². The second-order valence-electron chi connectivity index (χ2n) is 5.57. The van der Waals surface area contributed by atoms with Crippen LogP contribution in [0.4, 0.5) is 0 Å². The molecule has 1 unspecified atom stereocenters. The zero-order valence-corrected chi connectivity index (χ0v) is 13.0. The molecule has 1 aromatic rings. The maximum absolute atomic E-state index is 4.55. The van der Waals surface area contributed by atoms with E-state index in [1.807, 2.05) is 17.5 Å². The molecule has 108 valence electrons. The van der Waals surface area contributed by atoms with Crippen LogP contribution in [0.1, 0.15) is 43.2 Å². The Bertz CT molecular complexity index is 352. The fourth-order valence-electron chi connectivity index (χ4n) is 3.28. The average Bonchev–Trinajstić information content (AvgIpc) is 2.94. The summed E-state index contributed by atoms with van der Waals surface area (Å²) in [5, 5.41) is 6.92. The van der Waals surface area contributed by atoms with Crippen molar-refractivity contribution in [3.8, 4) is 0 Å². The van der Waals surface area contributed by atoms with Crippen molar-refractivity contribution < 1.29 is 0 Å². The van der Waals surface area contributed by atoms with Crippen molar-refractivity contribution in [1.82, 2.24) is 15.2 Å². The van der Waals surface area contributed by atoms with Crippen LogP contribution in [0, 0.1) is 5.92 Å². The number of hydrogen-bond acceptors (Lipinski definition) is 4. The van der Waals surface area contributed by atoms with Gasteiger partial charge in [-0.15, -0.1) is 23.7 Å². The number of piperidine rings is 2. The summed E-state index contributed by atoms with van der Waals surface area (Å²) in [6.45, 7) is 4.97. The maximum atomic E-state index is 4.55. The lowest BCUT2D eigenvalue weighted by atomic mass is 9.94. The van der Waals surface area contributed by atoms with Crippen LogP contribution in [0.15, 0.2) is 11.6 Å². The molecule has 0 amide bonds. The van der Waals surface area contributed by atoms with Gasteiger partial charge in [-0.3, -0.25) is 4.90 Å². The molecular weight excluding hydrogens is 278 g/mol. The molecule has 1 N–H and O–H groups in total. The van der Waals surface area contributed by atoms with E-state index < -0.39 is 0 Å². The lowest BCUT2D eigenvalue weighted by Gasteiger charge is -2.37. The van der Waals surface area contributed by atoms with Crippen LogP contribution in [0.3, 0.4) is 0 Å². The Labute approximate surface area is 126 Å². The zero-order valence-electron chi connectivity index (χ0n) is 11.4. The molecule has 3 heterocycles. The van der Waals surface area contributed by atoms with Gasteiger partial charge in [0, 0.05) is 18.1 Å². The molecule has 2 aliphatic rings. The normalized spacial score (nSPS) is 26.0. The van der Waals surface area contributed by atoms with E-state index in [-0.39, 0.29) is 12.4 Å². The average molecular weight is 302 g/mol. The number of likely N-dealkylation sites (tertiary alicyclic amines) is 1. The van der Waals surface area contributed by atoms with Gasteiger partial charge >= 0.3 is 0 Å². The van der Waals surface area contributed by atoms with Gasteiger partial charge < -0.3 is 5.32 Å². The smallest absolute Gasteiger partial charge is 0.110 e. The van der Waals surface area contributed by atoms with Crippen LogP contribution in [0.25, 0.3) is 0 Å². The summed E-state index contributed by atoms with van der Waals surface area (Å²) in [6.07, 6.45) is 8.69.